The number of aromatic amines is 1. The maximum Gasteiger partial charge on any atom is 0.267 e. The number of carbonyl (C=O) groups excluding carboxylic acids is 1. The number of hydrogen-bond acceptors (Lipinski definition) is 1. The number of H-pyrrole nitrogens is 1. The molecular formula is C11H17BrN2O. The number of carbonyl (C=O) groups is 1. The van der Waals surface area contributed by atoms with Crippen LogP contribution in [0.5, 0.6) is 0 Å². The van der Waals surface area contributed by atoms with Gasteiger partial charge in [0.2, 0.25) is 0 Å². The third kappa shape index (κ3) is 4.51. The molecule has 0 spiro atoms. The predicted octanol–water partition coefficient (Wildman–Crippen LogP) is 2.94. The average molecular weight is 273 g/mol. The fraction of sp³-hybridized carbons (Fsp3) is 0.545. The van der Waals surface area contributed by atoms with Crippen LogP contribution in [0.3, 0.4) is 0 Å². The van der Waals surface area contributed by atoms with Crippen molar-refractivity contribution in [3.63, 3.8) is 0 Å². The molecule has 84 valence electrons. The summed E-state index contributed by atoms with van der Waals surface area (Å²) < 4.78 is 0.898. The first-order valence-corrected chi connectivity index (χ1v) is 6.01. The van der Waals surface area contributed by atoms with Crippen LogP contribution in [0, 0.1) is 5.92 Å². The first-order chi connectivity index (χ1) is 7.09. The van der Waals surface area contributed by atoms with Gasteiger partial charge >= 0.3 is 0 Å². The highest BCUT2D eigenvalue weighted by Gasteiger charge is 2.06. The van der Waals surface area contributed by atoms with Gasteiger partial charge in [-0.2, -0.15) is 0 Å². The zero-order valence-electron chi connectivity index (χ0n) is 9.14. The SMILES string of the molecule is CC(C)CCCNC(=O)c1cc(Br)c[nH]1. The highest BCUT2D eigenvalue weighted by molar-refractivity contribution is 9.10. The lowest BCUT2D eigenvalue weighted by molar-refractivity contribution is 0.0948. The van der Waals surface area contributed by atoms with E-state index in [0.717, 1.165) is 23.9 Å². The number of halogens is 1. The van der Waals surface area contributed by atoms with E-state index in [0.29, 0.717) is 11.6 Å². The molecule has 0 aliphatic carbocycles. The van der Waals surface area contributed by atoms with Crippen molar-refractivity contribution in [2.24, 2.45) is 5.92 Å². The first kappa shape index (κ1) is 12.3. The van der Waals surface area contributed by atoms with Gasteiger partial charge in [-0.1, -0.05) is 13.8 Å². The highest BCUT2D eigenvalue weighted by atomic mass is 79.9. The van der Waals surface area contributed by atoms with Crippen LogP contribution < -0.4 is 5.32 Å². The maximum absolute atomic E-state index is 11.5. The molecule has 2 N–H and O–H groups in total. The van der Waals surface area contributed by atoms with Crippen LogP contribution >= 0.6 is 15.9 Å². The van der Waals surface area contributed by atoms with Crippen LogP contribution in [0.15, 0.2) is 16.7 Å². The summed E-state index contributed by atoms with van der Waals surface area (Å²) in [7, 11) is 0. The van der Waals surface area contributed by atoms with Crippen LogP contribution in [0.2, 0.25) is 0 Å². The zero-order chi connectivity index (χ0) is 11.3. The summed E-state index contributed by atoms with van der Waals surface area (Å²) in [6.45, 7) is 5.11. The molecule has 0 unspecified atom stereocenters. The van der Waals surface area contributed by atoms with Crippen LogP contribution in [-0.2, 0) is 0 Å². The quantitative estimate of drug-likeness (QED) is 0.796. The monoisotopic (exact) mass is 272 g/mol. The van der Waals surface area contributed by atoms with Crippen molar-refractivity contribution < 1.29 is 4.79 Å². The lowest BCUT2D eigenvalue weighted by Gasteiger charge is -2.05. The largest absolute Gasteiger partial charge is 0.356 e. The minimum absolute atomic E-state index is 0.0375. The smallest absolute Gasteiger partial charge is 0.267 e. The Balaban J connectivity index is 2.25. The molecule has 0 radical (unpaired) electrons. The second-order valence-corrected chi connectivity index (χ2v) is 4.94. The van der Waals surface area contributed by atoms with Gasteiger partial charge in [-0.15, -0.1) is 0 Å². The predicted molar refractivity (Wildman–Crippen MR) is 64.9 cm³/mol. The third-order valence-electron chi connectivity index (χ3n) is 2.14. The van der Waals surface area contributed by atoms with Gasteiger partial charge in [0.15, 0.2) is 0 Å². The van der Waals surface area contributed by atoms with E-state index in [-0.39, 0.29) is 5.91 Å². The number of aromatic nitrogens is 1. The Labute approximate surface area is 98.8 Å². The summed E-state index contributed by atoms with van der Waals surface area (Å²) in [4.78, 5) is 14.4. The normalized spacial score (nSPS) is 10.7. The van der Waals surface area contributed by atoms with Gasteiger partial charge in [0, 0.05) is 17.2 Å². The molecule has 3 nitrogen and oxygen atoms in total. The standard InChI is InChI=1S/C11H17BrN2O/c1-8(2)4-3-5-13-11(15)10-6-9(12)7-14-10/h6-8,14H,3-5H2,1-2H3,(H,13,15). The van der Waals surface area contributed by atoms with Gasteiger partial charge in [-0.3, -0.25) is 4.79 Å². The molecule has 0 aliphatic heterocycles. The minimum atomic E-state index is -0.0375. The van der Waals surface area contributed by atoms with Crippen LogP contribution in [0.4, 0.5) is 0 Å². The summed E-state index contributed by atoms with van der Waals surface area (Å²) in [5.41, 5.74) is 0.603. The van der Waals surface area contributed by atoms with Crippen molar-refractivity contribution in [1.29, 1.82) is 0 Å². The van der Waals surface area contributed by atoms with Crippen molar-refractivity contribution in [3.8, 4) is 0 Å². The molecule has 0 saturated heterocycles. The van der Waals surface area contributed by atoms with E-state index in [1.807, 2.05) is 0 Å². The maximum atomic E-state index is 11.5. The summed E-state index contributed by atoms with van der Waals surface area (Å²) in [5, 5.41) is 2.88. The topological polar surface area (TPSA) is 44.9 Å². The van der Waals surface area contributed by atoms with Crippen LogP contribution in [0.1, 0.15) is 37.2 Å². The van der Waals surface area contributed by atoms with E-state index < -0.39 is 0 Å². The van der Waals surface area contributed by atoms with E-state index in [1.165, 1.54) is 0 Å². The zero-order valence-corrected chi connectivity index (χ0v) is 10.7. The summed E-state index contributed by atoms with van der Waals surface area (Å²) in [6.07, 6.45) is 3.93. The van der Waals surface area contributed by atoms with Crippen molar-refractivity contribution in [2.45, 2.75) is 26.7 Å². The molecule has 0 atom stereocenters. The molecule has 1 amide bonds. The van der Waals surface area contributed by atoms with E-state index >= 15 is 0 Å². The summed E-state index contributed by atoms with van der Waals surface area (Å²) in [5.74, 6) is 0.658. The molecule has 1 heterocycles. The molecule has 0 bridgehead atoms. The second kappa shape index (κ2) is 5.95. The number of rotatable bonds is 5. The fourth-order valence-corrected chi connectivity index (χ4v) is 1.65. The Hall–Kier alpha value is -0.770. The number of amides is 1. The fourth-order valence-electron chi connectivity index (χ4n) is 1.31. The molecule has 0 fully saturated rings. The van der Waals surface area contributed by atoms with Gasteiger partial charge in [0.25, 0.3) is 5.91 Å². The van der Waals surface area contributed by atoms with Crippen LogP contribution in [-0.4, -0.2) is 17.4 Å². The highest BCUT2D eigenvalue weighted by Crippen LogP contribution is 2.10. The second-order valence-electron chi connectivity index (χ2n) is 4.02. The lowest BCUT2D eigenvalue weighted by Crippen LogP contribution is -2.24. The van der Waals surface area contributed by atoms with Crippen molar-refractivity contribution >= 4 is 21.8 Å². The van der Waals surface area contributed by atoms with Gasteiger partial charge in [-0.25, -0.2) is 0 Å². The van der Waals surface area contributed by atoms with Gasteiger partial charge in [0.05, 0.1) is 0 Å². The van der Waals surface area contributed by atoms with E-state index in [9.17, 15) is 4.79 Å². The lowest BCUT2D eigenvalue weighted by atomic mass is 10.1. The molecule has 1 aromatic heterocycles. The van der Waals surface area contributed by atoms with E-state index in [1.54, 1.807) is 12.3 Å². The first-order valence-electron chi connectivity index (χ1n) is 5.21. The van der Waals surface area contributed by atoms with Crippen molar-refractivity contribution in [2.75, 3.05) is 6.54 Å². The molecule has 0 saturated carbocycles. The van der Waals surface area contributed by atoms with Crippen molar-refractivity contribution in [1.82, 2.24) is 10.3 Å². The van der Waals surface area contributed by atoms with Gasteiger partial charge in [0.1, 0.15) is 5.69 Å². The van der Waals surface area contributed by atoms with E-state index in [4.69, 9.17) is 0 Å². The molecule has 15 heavy (non-hydrogen) atoms. The van der Waals surface area contributed by atoms with Crippen molar-refractivity contribution in [3.05, 3.63) is 22.4 Å². The minimum Gasteiger partial charge on any atom is -0.356 e. The Bertz CT molecular complexity index is 320. The van der Waals surface area contributed by atoms with Gasteiger partial charge < -0.3 is 10.3 Å². The number of hydrogen-bond donors (Lipinski definition) is 2. The molecule has 0 aromatic carbocycles. The average Bonchev–Trinajstić information content (AvgIpc) is 2.59. The summed E-state index contributed by atoms with van der Waals surface area (Å²) >= 11 is 3.29. The number of nitrogens with one attached hydrogen (secondary N) is 2. The third-order valence-corrected chi connectivity index (χ3v) is 2.59. The Morgan fingerprint density at radius 3 is 2.87 bits per heavy atom. The van der Waals surface area contributed by atoms with Crippen LogP contribution in [0.25, 0.3) is 0 Å². The summed E-state index contributed by atoms with van der Waals surface area (Å²) in [6, 6.07) is 1.78. The molecule has 1 aromatic rings. The molecular weight excluding hydrogens is 256 g/mol. The van der Waals surface area contributed by atoms with Gasteiger partial charge in [-0.05, 0) is 40.8 Å². The molecule has 1 rings (SSSR count). The Kier molecular flexibility index (Phi) is 4.88. The molecule has 0 aliphatic rings. The van der Waals surface area contributed by atoms with E-state index in [2.05, 4.69) is 40.1 Å². The molecule has 4 heteroatoms. The Morgan fingerprint density at radius 2 is 2.33 bits per heavy atom. The Morgan fingerprint density at radius 1 is 1.60 bits per heavy atom.